The lowest BCUT2D eigenvalue weighted by Crippen LogP contribution is -2.22. The highest BCUT2D eigenvalue weighted by Gasteiger charge is 2.07. The number of rotatable bonds is 5. The predicted octanol–water partition coefficient (Wildman–Crippen LogP) is 4.14. The molecular formula is C17H18F2N2O. The van der Waals surface area contributed by atoms with Crippen molar-refractivity contribution in [2.75, 3.05) is 17.2 Å². The smallest absolute Gasteiger partial charge is 0.243 e. The van der Waals surface area contributed by atoms with E-state index in [1.165, 1.54) is 11.6 Å². The second-order valence-electron chi connectivity index (χ2n) is 5.30. The molecule has 0 heterocycles. The van der Waals surface area contributed by atoms with Crippen LogP contribution in [0.25, 0.3) is 0 Å². The molecule has 5 heteroatoms. The van der Waals surface area contributed by atoms with E-state index in [0.29, 0.717) is 11.6 Å². The lowest BCUT2D eigenvalue weighted by atomic mass is 10.0. The summed E-state index contributed by atoms with van der Waals surface area (Å²) in [4.78, 5) is 11.8. The van der Waals surface area contributed by atoms with E-state index in [0.717, 1.165) is 12.1 Å². The number of amides is 1. The molecule has 0 fully saturated rings. The van der Waals surface area contributed by atoms with Crippen LogP contribution in [0.2, 0.25) is 0 Å². The zero-order chi connectivity index (χ0) is 16.1. The highest BCUT2D eigenvalue weighted by atomic mass is 19.1. The molecule has 0 aliphatic heterocycles. The van der Waals surface area contributed by atoms with Crippen molar-refractivity contribution >= 4 is 17.3 Å². The fraction of sp³-hybridized carbons (Fsp3) is 0.235. The quantitative estimate of drug-likeness (QED) is 0.871. The number of anilines is 2. The first-order valence-electron chi connectivity index (χ1n) is 7.04. The molecule has 0 aliphatic carbocycles. The summed E-state index contributed by atoms with van der Waals surface area (Å²) in [7, 11) is 0. The van der Waals surface area contributed by atoms with Gasteiger partial charge in [-0.3, -0.25) is 4.79 Å². The number of nitrogens with one attached hydrogen (secondary N) is 2. The molecule has 0 spiro atoms. The first-order chi connectivity index (χ1) is 10.5. The molecule has 0 aromatic heterocycles. The van der Waals surface area contributed by atoms with E-state index in [4.69, 9.17) is 0 Å². The Balaban J connectivity index is 1.90. The summed E-state index contributed by atoms with van der Waals surface area (Å²) in [5.74, 6) is -1.26. The van der Waals surface area contributed by atoms with Gasteiger partial charge < -0.3 is 10.6 Å². The van der Waals surface area contributed by atoms with Crippen LogP contribution in [0, 0.1) is 11.6 Å². The number of benzene rings is 2. The van der Waals surface area contributed by atoms with E-state index < -0.39 is 11.6 Å². The lowest BCUT2D eigenvalue weighted by Gasteiger charge is -2.10. The van der Waals surface area contributed by atoms with Gasteiger partial charge in [0.1, 0.15) is 11.6 Å². The maximum absolute atomic E-state index is 13.4. The van der Waals surface area contributed by atoms with Gasteiger partial charge in [0.2, 0.25) is 5.91 Å². The minimum Gasteiger partial charge on any atom is -0.374 e. The standard InChI is InChI=1S/C17H18F2N2O/c1-11(2)12-3-6-14(7-4-12)21-17(22)10-20-16-8-5-13(18)9-15(16)19/h3-9,11,20H,10H2,1-2H3,(H,21,22). The summed E-state index contributed by atoms with van der Waals surface area (Å²) in [6, 6.07) is 10.7. The van der Waals surface area contributed by atoms with Gasteiger partial charge in [-0.05, 0) is 35.7 Å². The summed E-state index contributed by atoms with van der Waals surface area (Å²) in [6.07, 6.45) is 0. The molecule has 2 rings (SSSR count). The highest BCUT2D eigenvalue weighted by Crippen LogP contribution is 2.17. The summed E-state index contributed by atoms with van der Waals surface area (Å²) in [5, 5.41) is 5.35. The van der Waals surface area contributed by atoms with E-state index in [2.05, 4.69) is 24.5 Å². The molecule has 2 N–H and O–H groups in total. The fourth-order valence-electron chi connectivity index (χ4n) is 1.96. The third kappa shape index (κ3) is 4.28. The maximum Gasteiger partial charge on any atom is 0.243 e. The topological polar surface area (TPSA) is 41.1 Å². The van der Waals surface area contributed by atoms with Gasteiger partial charge in [0.05, 0.1) is 12.2 Å². The van der Waals surface area contributed by atoms with Crippen LogP contribution in [0.4, 0.5) is 20.2 Å². The summed E-state index contributed by atoms with van der Waals surface area (Å²) in [5.41, 5.74) is 1.95. The largest absolute Gasteiger partial charge is 0.374 e. The van der Waals surface area contributed by atoms with Crippen LogP contribution in [-0.4, -0.2) is 12.5 Å². The van der Waals surface area contributed by atoms with E-state index in [-0.39, 0.29) is 18.1 Å². The van der Waals surface area contributed by atoms with Gasteiger partial charge in [-0.15, -0.1) is 0 Å². The Hall–Kier alpha value is -2.43. The Morgan fingerprint density at radius 1 is 1.09 bits per heavy atom. The van der Waals surface area contributed by atoms with Crippen LogP contribution in [0.5, 0.6) is 0 Å². The molecular weight excluding hydrogens is 286 g/mol. The number of hydrogen-bond donors (Lipinski definition) is 2. The summed E-state index contributed by atoms with van der Waals surface area (Å²) < 4.78 is 26.2. The van der Waals surface area contributed by atoms with Crippen molar-refractivity contribution in [1.82, 2.24) is 0 Å². The Morgan fingerprint density at radius 2 is 1.77 bits per heavy atom. The molecule has 0 aliphatic rings. The SMILES string of the molecule is CC(C)c1ccc(NC(=O)CNc2ccc(F)cc2F)cc1. The molecule has 0 unspecified atom stereocenters. The molecule has 3 nitrogen and oxygen atoms in total. The van der Waals surface area contributed by atoms with Crippen molar-refractivity contribution in [2.45, 2.75) is 19.8 Å². The molecule has 0 saturated carbocycles. The predicted molar refractivity (Wildman–Crippen MR) is 84.0 cm³/mol. The van der Waals surface area contributed by atoms with E-state index >= 15 is 0 Å². The monoisotopic (exact) mass is 304 g/mol. The van der Waals surface area contributed by atoms with Crippen LogP contribution < -0.4 is 10.6 Å². The van der Waals surface area contributed by atoms with Gasteiger partial charge >= 0.3 is 0 Å². The molecule has 22 heavy (non-hydrogen) atoms. The molecule has 0 radical (unpaired) electrons. The van der Waals surface area contributed by atoms with Crippen LogP contribution >= 0.6 is 0 Å². The average molecular weight is 304 g/mol. The molecule has 0 bridgehead atoms. The third-order valence-corrected chi connectivity index (χ3v) is 3.23. The zero-order valence-corrected chi connectivity index (χ0v) is 12.5. The highest BCUT2D eigenvalue weighted by molar-refractivity contribution is 5.93. The van der Waals surface area contributed by atoms with Gasteiger partial charge in [0.15, 0.2) is 0 Å². The van der Waals surface area contributed by atoms with Crippen LogP contribution in [-0.2, 0) is 4.79 Å². The molecule has 1 amide bonds. The molecule has 2 aromatic carbocycles. The van der Waals surface area contributed by atoms with Gasteiger partial charge in [0, 0.05) is 11.8 Å². The van der Waals surface area contributed by atoms with Gasteiger partial charge in [-0.2, -0.15) is 0 Å². The van der Waals surface area contributed by atoms with Crippen LogP contribution in [0.15, 0.2) is 42.5 Å². The van der Waals surface area contributed by atoms with Crippen molar-refractivity contribution in [3.05, 3.63) is 59.7 Å². The van der Waals surface area contributed by atoms with Crippen molar-refractivity contribution in [3.8, 4) is 0 Å². The van der Waals surface area contributed by atoms with Crippen molar-refractivity contribution in [3.63, 3.8) is 0 Å². The third-order valence-electron chi connectivity index (χ3n) is 3.23. The number of hydrogen-bond acceptors (Lipinski definition) is 2. The Labute approximate surface area is 128 Å². The Bertz CT molecular complexity index is 654. The van der Waals surface area contributed by atoms with Gasteiger partial charge in [-0.1, -0.05) is 26.0 Å². The molecule has 0 saturated heterocycles. The average Bonchev–Trinajstić information content (AvgIpc) is 2.47. The summed E-state index contributed by atoms with van der Waals surface area (Å²) >= 11 is 0. The van der Waals surface area contributed by atoms with Crippen molar-refractivity contribution < 1.29 is 13.6 Å². The second kappa shape index (κ2) is 7.02. The number of carbonyl (C=O) groups is 1. The lowest BCUT2D eigenvalue weighted by molar-refractivity contribution is -0.114. The minimum absolute atomic E-state index is 0.0895. The van der Waals surface area contributed by atoms with Crippen LogP contribution in [0.1, 0.15) is 25.3 Å². The van der Waals surface area contributed by atoms with Crippen LogP contribution in [0.3, 0.4) is 0 Å². The van der Waals surface area contributed by atoms with Gasteiger partial charge in [0.25, 0.3) is 0 Å². The van der Waals surface area contributed by atoms with Crippen molar-refractivity contribution in [2.24, 2.45) is 0 Å². The van der Waals surface area contributed by atoms with E-state index in [9.17, 15) is 13.6 Å². The Morgan fingerprint density at radius 3 is 2.36 bits per heavy atom. The fourth-order valence-corrected chi connectivity index (χ4v) is 1.96. The van der Waals surface area contributed by atoms with E-state index in [1.807, 2.05) is 24.3 Å². The first kappa shape index (κ1) is 15.9. The molecule has 2 aromatic rings. The number of carbonyl (C=O) groups excluding carboxylic acids is 1. The van der Waals surface area contributed by atoms with E-state index in [1.54, 1.807) is 0 Å². The zero-order valence-electron chi connectivity index (χ0n) is 12.5. The minimum atomic E-state index is -0.728. The molecule has 0 atom stereocenters. The van der Waals surface area contributed by atoms with Crippen molar-refractivity contribution in [1.29, 1.82) is 0 Å². The number of halogens is 2. The second-order valence-corrected chi connectivity index (χ2v) is 5.30. The normalized spacial score (nSPS) is 10.6. The first-order valence-corrected chi connectivity index (χ1v) is 7.04. The van der Waals surface area contributed by atoms with Gasteiger partial charge in [-0.25, -0.2) is 8.78 Å². The summed E-state index contributed by atoms with van der Waals surface area (Å²) in [6.45, 7) is 4.08. The Kier molecular flexibility index (Phi) is 5.09. The maximum atomic E-state index is 13.4. The molecule has 116 valence electrons.